The van der Waals surface area contributed by atoms with Crippen LogP contribution in [0.2, 0.25) is 0 Å². The maximum atomic E-state index is 9.10. The predicted octanol–water partition coefficient (Wildman–Crippen LogP) is -0.776. The summed E-state index contributed by atoms with van der Waals surface area (Å²) in [6.07, 6.45) is 0. The summed E-state index contributed by atoms with van der Waals surface area (Å²) in [5.74, 6) is 0. The Hall–Kier alpha value is -0.0301. The van der Waals surface area contributed by atoms with Gasteiger partial charge >= 0.3 is 0 Å². The molecule has 0 aromatic carbocycles. The largest absolute Gasteiger partial charge is 0.387 e. The van der Waals surface area contributed by atoms with E-state index >= 15 is 0 Å². The highest BCUT2D eigenvalue weighted by Crippen LogP contribution is 2.19. The molecule has 18 heavy (non-hydrogen) atoms. The lowest BCUT2D eigenvalue weighted by Gasteiger charge is -2.31. The van der Waals surface area contributed by atoms with Gasteiger partial charge < -0.3 is 20.4 Å². The molecule has 6 heteroatoms. The first-order chi connectivity index (χ1) is 7.50. The van der Waals surface area contributed by atoms with Crippen LogP contribution in [-0.2, 0) is 0 Å². The summed E-state index contributed by atoms with van der Waals surface area (Å²) in [5, 5.41) is 36.4. The molecule has 0 aliphatic rings. The highest BCUT2D eigenvalue weighted by Gasteiger charge is 2.32. The molecule has 0 rings (SSSR count). The highest BCUT2D eigenvalue weighted by molar-refractivity contribution is 6.75. The monoisotopic (exact) mass is 262 g/mol. The first-order valence-corrected chi connectivity index (χ1v) is 6.39. The molecule has 0 fully saturated rings. The van der Waals surface area contributed by atoms with Crippen molar-refractivity contribution in [1.29, 1.82) is 0 Å². The van der Waals surface area contributed by atoms with E-state index in [1.54, 1.807) is 55.4 Å². The molecule has 0 radical (unpaired) electrons. The minimum Gasteiger partial charge on any atom is -0.387 e. The lowest BCUT2D eigenvalue weighted by atomic mass is 9.81. The smallest absolute Gasteiger partial charge is 0.0872 e. The molecule has 0 saturated heterocycles. The third kappa shape index (κ3) is 11.1. The van der Waals surface area contributed by atoms with Crippen LogP contribution in [-0.4, -0.2) is 58.3 Å². The zero-order chi connectivity index (χ0) is 16.0. The second-order valence-corrected chi connectivity index (χ2v) is 6.24. The van der Waals surface area contributed by atoms with Gasteiger partial charge in [-0.1, -0.05) is 0 Å². The summed E-state index contributed by atoms with van der Waals surface area (Å²) in [7, 11) is 4.00. The summed E-state index contributed by atoms with van der Waals surface area (Å²) in [6.45, 7) is 12.6. The maximum Gasteiger partial charge on any atom is 0.0872 e. The van der Waals surface area contributed by atoms with Gasteiger partial charge in [0.05, 0.1) is 37.9 Å². The van der Waals surface area contributed by atoms with E-state index in [0.717, 1.165) is 0 Å². The fraction of sp³-hybridized carbons (Fsp3) is 1.00. The predicted molar refractivity (Wildman–Crippen MR) is 82.3 cm³/mol. The Balaban J connectivity index is -0.000000219. The van der Waals surface area contributed by atoms with Crippen LogP contribution in [0.1, 0.15) is 55.4 Å². The van der Waals surface area contributed by atoms with Crippen molar-refractivity contribution in [3.63, 3.8) is 0 Å². The minimum absolute atomic E-state index is 1.01. The Morgan fingerprint density at radius 3 is 0.500 bits per heavy atom. The van der Waals surface area contributed by atoms with Crippen LogP contribution >= 0.6 is 0 Å². The van der Waals surface area contributed by atoms with Gasteiger partial charge in [-0.25, -0.2) is 0 Å². The summed E-state index contributed by atoms with van der Waals surface area (Å²) < 4.78 is 0. The number of aliphatic hydroxyl groups is 4. The van der Waals surface area contributed by atoms with Crippen LogP contribution < -0.4 is 0 Å². The minimum atomic E-state index is -1.01. The SMILES string of the molecule is BB.CC(C)(O)C(C)(C)O.CC(C)(O)C(C)(C)O. The van der Waals surface area contributed by atoms with Crippen molar-refractivity contribution in [3.05, 3.63) is 0 Å². The number of hydrogen-bond acceptors (Lipinski definition) is 4. The fourth-order valence-corrected chi connectivity index (χ4v) is 0. The molecule has 4 nitrogen and oxygen atoms in total. The van der Waals surface area contributed by atoms with Gasteiger partial charge in [0, 0.05) is 0 Å². The van der Waals surface area contributed by atoms with Crippen molar-refractivity contribution in [2.45, 2.75) is 77.8 Å². The van der Waals surface area contributed by atoms with Crippen LogP contribution in [0.4, 0.5) is 0 Å². The van der Waals surface area contributed by atoms with Gasteiger partial charge in [-0.2, -0.15) is 0 Å². The molecule has 0 saturated carbocycles. The van der Waals surface area contributed by atoms with E-state index in [1.807, 2.05) is 15.5 Å². The van der Waals surface area contributed by atoms with Crippen LogP contribution in [0.25, 0.3) is 0 Å². The van der Waals surface area contributed by atoms with E-state index in [2.05, 4.69) is 0 Å². The molecule has 4 N–H and O–H groups in total. The van der Waals surface area contributed by atoms with Gasteiger partial charge in [0.15, 0.2) is 0 Å². The van der Waals surface area contributed by atoms with Crippen molar-refractivity contribution in [2.24, 2.45) is 0 Å². The zero-order valence-corrected chi connectivity index (χ0v) is 13.8. The van der Waals surface area contributed by atoms with E-state index in [-0.39, 0.29) is 0 Å². The lowest BCUT2D eigenvalue weighted by Crippen LogP contribution is -2.44. The van der Waals surface area contributed by atoms with Crippen molar-refractivity contribution < 1.29 is 20.4 Å². The van der Waals surface area contributed by atoms with Gasteiger partial charge in [0.1, 0.15) is 0 Å². The molecule has 0 aliphatic heterocycles. The Bertz CT molecular complexity index is 156. The van der Waals surface area contributed by atoms with Gasteiger partial charge in [-0.05, 0) is 55.4 Å². The highest BCUT2D eigenvalue weighted by atomic mass is 16.4. The molecule has 0 aliphatic carbocycles. The van der Waals surface area contributed by atoms with E-state index in [9.17, 15) is 0 Å². The quantitative estimate of drug-likeness (QED) is 0.492. The second kappa shape index (κ2) is 7.53. The van der Waals surface area contributed by atoms with E-state index in [4.69, 9.17) is 20.4 Å². The average Bonchev–Trinajstić information content (AvgIpc) is 2.01. The van der Waals surface area contributed by atoms with E-state index < -0.39 is 22.4 Å². The van der Waals surface area contributed by atoms with Crippen molar-refractivity contribution in [3.8, 4) is 0 Å². The second-order valence-electron chi connectivity index (χ2n) is 6.24. The normalized spacial score (nSPS) is 12.9. The Kier molecular flexibility index (Phi) is 9.66. The zero-order valence-electron chi connectivity index (χ0n) is 13.8. The molecular formula is C12H32B2O4. The third-order valence-electron chi connectivity index (χ3n) is 2.99. The fourth-order valence-electron chi connectivity index (χ4n) is 0. The first-order valence-electron chi connectivity index (χ1n) is 6.39. The molecule has 0 spiro atoms. The summed E-state index contributed by atoms with van der Waals surface area (Å²) >= 11 is 0. The summed E-state index contributed by atoms with van der Waals surface area (Å²) in [6, 6.07) is 0. The summed E-state index contributed by atoms with van der Waals surface area (Å²) in [5.41, 5.74) is -4.03. The summed E-state index contributed by atoms with van der Waals surface area (Å²) in [4.78, 5) is 0. The number of hydrogen-bond donors (Lipinski definition) is 4. The molecule has 0 unspecified atom stereocenters. The van der Waals surface area contributed by atoms with Crippen molar-refractivity contribution in [2.75, 3.05) is 0 Å². The standard InChI is InChI=1S/2C6H14O2.B2H4/c2*1-5(2,7)6(3,4)8;1-2/h2*7-8H,1-4H3;1-2H2. The Morgan fingerprint density at radius 2 is 0.500 bits per heavy atom. The molecule has 0 amide bonds. The van der Waals surface area contributed by atoms with Crippen LogP contribution in [0, 0.1) is 0 Å². The average molecular weight is 262 g/mol. The van der Waals surface area contributed by atoms with Gasteiger partial charge in [-0.15, -0.1) is 0 Å². The van der Waals surface area contributed by atoms with E-state index in [1.165, 1.54) is 0 Å². The molecule has 110 valence electrons. The van der Waals surface area contributed by atoms with E-state index in [0.29, 0.717) is 0 Å². The van der Waals surface area contributed by atoms with Crippen LogP contribution in [0.3, 0.4) is 0 Å². The van der Waals surface area contributed by atoms with Gasteiger partial charge in [-0.3, -0.25) is 0 Å². The molecule has 0 atom stereocenters. The lowest BCUT2D eigenvalue weighted by molar-refractivity contribution is -0.107. The molecule has 0 aromatic heterocycles. The van der Waals surface area contributed by atoms with Crippen LogP contribution in [0.5, 0.6) is 0 Å². The maximum absolute atomic E-state index is 9.10. The molecule has 0 bridgehead atoms. The first kappa shape index (κ1) is 23.1. The molecule has 0 heterocycles. The third-order valence-corrected chi connectivity index (χ3v) is 2.99. The van der Waals surface area contributed by atoms with Crippen molar-refractivity contribution in [1.82, 2.24) is 0 Å². The number of rotatable bonds is 2. The van der Waals surface area contributed by atoms with Gasteiger partial charge in [0.25, 0.3) is 0 Å². The van der Waals surface area contributed by atoms with Crippen LogP contribution in [0.15, 0.2) is 0 Å². The van der Waals surface area contributed by atoms with Gasteiger partial charge in [0.2, 0.25) is 0 Å². The molecule has 0 aromatic rings. The molecular weight excluding hydrogens is 230 g/mol. The Morgan fingerprint density at radius 1 is 0.444 bits per heavy atom. The Labute approximate surface area is 114 Å². The topological polar surface area (TPSA) is 80.9 Å². The van der Waals surface area contributed by atoms with Crippen molar-refractivity contribution >= 4 is 15.5 Å².